The number of ketones is 1. The highest BCUT2D eigenvalue weighted by atomic mass is 16.7. The highest BCUT2D eigenvalue weighted by Crippen LogP contribution is 2.87. The maximum absolute atomic E-state index is 14.5. The van der Waals surface area contributed by atoms with E-state index < -0.39 is 48.4 Å². The topological polar surface area (TPSA) is 132 Å². The van der Waals surface area contributed by atoms with Crippen LogP contribution >= 0.6 is 0 Å². The van der Waals surface area contributed by atoms with Crippen LogP contribution in [0.1, 0.15) is 106 Å². The summed E-state index contributed by atoms with van der Waals surface area (Å²) >= 11 is 0. The fraction of sp³-hybridized carbons (Fsp3) is 0.943. The monoisotopic (exact) mass is 618 g/mol. The van der Waals surface area contributed by atoms with Crippen molar-refractivity contribution in [2.24, 2.45) is 45.3 Å². The summed E-state index contributed by atoms with van der Waals surface area (Å²) < 4.78 is 24.5. The minimum Gasteiger partial charge on any atom is -0.457 e. The first-order valence-corrected chi connectivity index (χ1v) is 17.3. The van der Waals surface area contributed by atoms with E-state index in [1.165, 1.54) is 13.3 Å². The Kier molecular flexibility index (Phi) is 7.30. The van der Waals surface area contributed by atoms with Crippen LogP contribution in [0.4, 0.5) is 0 Å². The number of fused-ring (bicyclic) bond motifs is 4. The summed E-state index contributed by atoms with van der Waals surface area (Å²) in [5, 5.41) is 30.9. The van der Waals surface area contributed by atoms with E-state index in [0.29, 0.717) is 24.7 Å². The van der Waals surface area contributed by atoms with Gasteiger partial charge in [-0.1, -0.05) is 20.8 Å². The van der Waals surface area contributed by atoms with E-state index in [1.54, 1.807) is 13.8 Å². The molecule has 2 heterocycles. The van der Waals surface area contributed by atoms with Gasteiger partial charge >= 0.3 is 5.97 Å². The van der Waals surface area contributed by atoms with Crippen molar-refractivity contribution in [3.8, 4) is 0 Å². The first-order valence-electron chi connectivity index (χ1n) is 17.3. The molecule has 5 saturated carbocycles. The van der Waals surface area contributed by atoms with Gasteiger partial charge in [0.05, 0.1) is 30.5 Å². The summed E-state index contributed by atoms with van der Waals surface area (Å²) in [5.41, 5.74) is -0.999. The average Bonchev–Trinajstić information content (AvgIpc) is 3.55. The van der Waals surface area contributed by atoms with Gasteiger partial charge in [-0.2, -0.15) is 0 Å². The lowest BCUT2D eigenvalue weighted by atomic mass is 9.46. The molecule has 9 heteroatoms. The van der Waals surface area contributed by atoms with E-state index in [4.69, 9.17) is 18.9 Å². The average molecular weight is 619 g/mol. The van der Waals surface area contributed by atoms with Crippen molar-refractivity contribution >= 4 is 11.8 Å². The second-order valence-electron chi connectivity index (χ2n) is 17.2. The van der Waals surface area contributed by atoms with Gasteiger partial charge in [-0.15, -0.1) is 0 Å². The van der Waals surface area contributed by atoms with Crippen LogP contribution in [0.15, 0.2) is 0 Å². The predicted octanol–water partition coefficient (Wildman–Crippen LogP) is 3.93. The van der Waals surface area contributed by atoms with Gasteiger partial charge in [-0.05, 0) is 111 Å². The SMILES string of the molecule is CC(=O)O[C@@H](C1CCC2C(O1)C(=O)C1C3CCC4C(C)(C)[C@@H](OC5C[C@@H](O)C(O)CO5)CCC45C[C@@]35CCC21C)C(C)(C)O. The van der Waals surface area contributed by atoms with E-state index in [2.05, 4.69) is 20.8 Å². The number of hydrogen-bond donors (Lipinski definition) is 3. The first-order chi connectivity index (χ1) is 20.5. The molecule has 9 nitrogen and oxygen atoms in total. The lowest BCUT2D eigenvalue weighted by Gasteiger charge is -2.59. The van der Waals surface area contributed by atoms with Crippen LogP contribution < -0.4 is 0 Å². The second-order valence-corrected chi connectivity index (χ2v) is 17.2. The number of ether oxygens (including phenoxy) is 4. The zero-order valence-electron chi connectivity index (χ0n) is 27.4. The molecule has 248 valence electrons. The Hall–Kier alpha value is -1.10. The fourth-order valence-corrected chi connectivity index (χ4v) is 12.3. The molecule has 2 spiro atoms. The number of aliphatic hydroxyl groups is 3. The molecular formula is C35H54O9. The van der Waals surface area contributed by atoms with Crippen LogP contribution in [0.25, 0.3) is 0 Å². The number of carbonyl (C=O) groups is 2. The Morgan fingerprint density at radius 2 is 1.70 bits per heavy atom. The van der Waals surface area contributed by atoms with E-state index in [9.17, 15) is 24.9 Å². The molecule has 44 heavy (non-hydrogen) atoms. The van der Waals surface area contributed by atoms with E-state index in [-0.39, 0.29) is 52.0 Å². The third-order valence-corrected chi connectivity index (χ3v) is 14.3. The Bertz CT molecular complexity index is 1180. The molecule has 0 amide bonds. The Morgan fingerprint density at radius 1 is 0.977 bits per heavy atom. The number of rotatable bonds is 5. The molecule has 2 aliphatic heterocycles. The molecule has 7 rings (SSSR count). The molecule has 0 aromatic rings. The van der Waals surface area contributed by atoms with Crippen LogP contribution in [0.2, 0.25) is 0 Å². The summed E-state index contributed by atoms with van der Waals surface area (Å²) in [6.07, 6.45) is 5.40. The van der Waals surface area contributed by atoms with Crippen LogP contribution in [-0.4, -0.2) is 82.2 Å². The summed E-state index contributed by atoms with van der Waals surface area (Å²) in [4.78, 5) is 26.4. The van der Waals surface area contributed by atoms with Gasteiger partial charge < -0.3 is 34.3 Å². The number of hydrogen-bond acceptors (Lipinski definition) is 9. The summed E-state index contributed by atoms with van der Waals surface area (Å²) in [5.74, 6) is 0.804. The molecule has 7 aliphatic rings. The second kappa shape index (κ2) is 10.2. The van der Waals surface area contributed by atoms with Crippen LogP contribution in [0.5, 0.6) is 0 Å². The highest BCUT2D eigenvalue weighted by molar-refractivity contribution is 5.90. The zero-order chi connectivity index (χ0) is 31.6. The quantitative estimate of drug-likeness (QED) is 0.310. The Balaban J connectivity index is 1.10. The fourth-order valence-electron chi connectivity index (χ4n) is 12.3. The normalized spacial score (nSPS) is 51.6. The van der Waals surface area contributed by atoms with Gasteiger partial charge in [0.25, 0.3) is 0 Å². The minimum atomic E-state index is -1.27. The molecule has 0 radical (unpaired) electrons. The molecule has 5 aliphatic carbocycles. The first kappa shape index (κ1) is 31.5. The van der Waals surface area contributed by atoms with Crippen molar-refractivity contribution in [1.82, 2.24) is 0 Å². The van der Waals surface area contributed by atoms with E-state index in [0.717, 1.165) is 44.9 Å². The van der Waals surface area contributed by atoms with Gasteiger partial charge in [-0.25, -0.2) is 0 Å². The third kappa shape index (κ3) is 4.38. The standard InChI is InChI=1S/C35H54O9/c1-18(36)42-30(32(4,5)40)23-9-7-20-29(43-23)28(39)27-19-8-10-24-31(2,3)25(44-26-15-21(37)22(38)16-41-26)11-12-35(24)17-34(19,35)14-13-33(20,27)6/h19-27,29-30,37-38,40H,7-17H2,1-6H3/t19?,20?,21-,22?,23?,24?,25+,26?,27?,29?,30+,33?,34+,35?/m1/s1. The Morgan fingerprint density at radius 3 is 2.39 bits per heavy atom. The maximum Gasteiger partial charge on any atom is 0.303 e. The number of aliphatic hydroxyl groups excluding tert-OH is 2. The highest BCUT2D eigenvalue weighted by Gasteiger charge is 2.82. The van der Waals surface area contributed by atoms with Crippen LogP contribution in [0.3, 0.4) is 0 Å². The van der Waals surface area contributed by atoms with Crippen molar-refractivity contribution in [1.29, 1.82) is 0 Å². The van der Waals surface area contributed by atoms with E-state index >= 15 is 0 Å². The van der Waals surface area contributed by atoms with Crippen molar-refractivity contribution in [3.05, 3.63) is 0 Å². The molecule has 0 aromatic carbocycles. The lowest BCUT2D eigenvalue weighted by Crippen LogP contribution is -2.56. The molecule has 14 atom stereocenters. The largest absolute Gasteiger partial charge is 0.457 e. The molecule has 10 unspecified atom stereocenters. The lowest BCUT2D eigenvalue weighted by molar-refractivity contribution is -0.263. The van der Waals surface area contributed by atoms with Crippen LogP contribution in [0, 0.1) is 45.3 Å². The van der Waals surface area contributed by atoms with Gasteiger partial charge in [0.1, 0.15) is 12.2 Å². The number of esters is 1. The predicted molar refractivity (Wildman–Crippen MR) is 159 cm³/mol. The summed E-state index contributed by atoms with van der Waals surface area (Å²) in [6, 6.07) is 0. The zero-order valence-corrected chi connectivity index (χ0v) is 27.4. The van der Waals surface area contributed by atoms with E-state index in [1.807, 2.05) is 0 Å². The third-order valence-electron chi connectivity index (χ3n) is 14.3. The summed E-state index contributed by atoms with van der Waals surface area (Å²) in [7, 11) is 0. The molecule has 0 aromatic heterocycles. The van der Waals surface area contributed by atoms with Crippen molar-refractivity contribution in [2.45, 2.75) is 154 Å². The van der Waals surface area contributed by atoms with Crippen molar-refractivity contribution < 1.29 is 43.9 Å². The van der Waals surface area contributed by atoms with Gasteiger partial charge in [0.2, 0.25) is 0 Å². The van der Waals surface area contributed by atoms with Gasteiger partial charge in [-0.3, -0.25) is 9.59 Å². The molecule has 0 bridgehead atoms. The van der Waals surface area contributed by atoms with Crippen molar-refractivity contribution in [2.75, 3.05) is 6.61 Å². The number of carbonyl (C=O) groups excluding carboxylic acids is 2. The molecular weight excluding hydrogens is 564 g/mol. The van der Waals surface area contributed by atoms with Gasteiger partial charge in [0, 0.05) is 19.3 Å². The van der Waals surface area contributed by atoms with Gasteiger partial charge in [0.15, 0.2) is 18.2 Å². The van der Waals surface area contributed by atoms with Crippen LogP contribution in [-0.2, 0) is 28.5 Å². The number of Topliss-reactive ketones (excluding diaryl/α,β-unsaturated/α-hetero) is 1. The molecule has 2 saturated heterocycles. The smallest absolute Gasteiger partial charge is 0.303 e. The summed E-state index contributed by atoms with van der Waals surface area (Å²) in [6.45, 7) is 11.8. The minimum absolute atomic E-state index is 0.0136. The van der Waals surface area contributed by atoms with Crippen molar-refractivity contribution in [3.63, 3.8) is 0 Å². The Labute approximate surface area is 261 Å². The molecule has 7 fully saturated rings. The molecule has 3 N–H and O–H groups in total. The maximum atomic E-state index is 14.5.